The van der Waals surface area contributed by atoms with Crippen molar-refractivity contribution in [1.82, 2.24) is 0 Å². The van der Waals surface area contributed by atoms with Gasteiger partial charge in [0.1, 0.15) is 19.8 Å². The number of unbranched alkanes of at least 4 members (excludes halogenated alkanes) is 36. The van der Waals surface area contributed by atoms with Crippen LogP contribution in [0.5, 0.6) is 0 Å². The van der Waals surface area contributed by atoms with Gasteiger partial charge < -0.3 is 18.9 Å². The third kappa shape index (κ3) is 70.0. The molecule has 10 heteroatoms. The molecule has 2 atom stereocenters. The van der Waals surface area contributed by atoms with Crippen molar-refractivity contribution in [2.45, 2.75) is 328 Å². The van der Waals surface area contributed by atoms with Gasteiger partial charge in [-0.15, -0.1) is 0 Å². The van der Waals surface area contributed by atoms with Crippen molar-refractivity contribution in [3.63, 3.8) is 0 Å². The summed E-state index contributed by atoms with van der Waals surface area (Å²) in [5.41, 5.74) is 0. The fourth-order valence-corrected chi connectivity index (χ4v) is 10.9. The predicted octanol–water partition coefficient (Wildman–Crippen LogP) is 23.5. The second-order valence-corrected chi connectivity index (χ2v) is 26.7. The number of phosphoric ester groups is 1. The van der Waals surface area contributed by atoms with E-state index in [9.17, 15) is 19.0 Å². The maximum atomic E-state index is 12.9. The van der Waals surface area contributed by atoms with E-state index in [0.29, 0.717) is 17.4 Å². The number of likely N-dealkylation sites (N-methyl/N-ethyl adjacent to an activating group) is 1. The van der Waals surface area contributed by atoms with E-state index < -0.39 is 26.5 Å². The number of allylic oxidation sites excluding steroid dienone is 16. The van der Waals surface area contributed by atoms with Crippen LogP contribution in [0.4, 0.5) is 0 Å². The summed E-state index contributed by atoms with van der Waals surface area (Å²) < 4.78 is 34.7. The van der Waals surface area contributed by atoms with E-state index in [2.05, 4.69) is 111 Å². The molecule has 0 saturated carbocycles. The minimum absolute atomic E-state index is 0.0303. The van der Waals surface area contributed by atoms with Gasteiger partial charge in [0.2, 0.25) is 0 Å². The maximum absolute atomic E-state index is 12.9. The Morgan fingerprint density at radius 1 is 0.360 bits per heavy atom. The SMILES string of the molecule is CC/C=C\C/C=C\C/C=C\C/C=C\CCCCCCCCCCCCCCCCCCCCCCCCCCC(=O)OC(COC(=O)CCCCCCCCCCCCCC/C=C\C/C=C\C/C=C\C/C=C\CC)COP(=O)(O)OCC[N+](C)(C)C. The first-order chi connectivity index (χ1) is 42.0. The van der Waals surface area contributed by atoms with Gasteiger partial charge in [0.25, 0.3) is 0 Å². The largest absolute Gasteiger partial charge is 0.472 e. The van der Waals surface area contributed by atoms with E-state index in [0.717, 1.165) is 83.5 Å². The zero-order valence-electron chi connectivity index (χ0n) is 56.8. The number of hydrogen-bond donors (Lipinski definition) is 1. The molecule has 0 aromatic carbocycles. The van der Waals surface area contributed by atoms with Gasteiger partial charge in [-0.2, -0.15) is 0 Å². The van der Waals surface area contributed by atoms with Crippen LogP contribution in [0, 0.1) is 0 Å². The molecule has 0 aromatic heterocycles. The van der Waals surface area contributed by atoms with Crippen LogP contribution in [0.25, 0.3) is 0 Å². The molecule has 86 heavy (non-hydrogen) atoms. The van der Waals surface area contributed by atoms with Gasteiger partial charge in [0, 0.05) is 12.8 Å². The standard InChI is InChI=1S/C76H136NO8P/c1-6-8-10-12-14-16-18-20-22-24-26-28-30-32-33-34-35-36-37-38-39-40-41-42-43-45-47-49-51-53-55-57-59-61-63-65-67-69-76(79)85-74(73-84-86(80,81)83-71-70-77(3,4)5)72-82-75(78)68-66-64-62-60-58-56-54-52-50-48-46-44-31-29-27-25-23-21-19-17-15-13-11-9-7-2/h8-11,14-17,20-23,26-29,74H,6-7,12-13,18-19,24-25,30-73H2,1-5H3/p+1/b10-8-,11-9-,16-14-,17-15-,22-20-,23-21-,28-26-,29-27-. The number of esters is 2. The molecule has 0 spiro atoms. The zero-order valence-corrected chi connectivity index (χ0v) is 57.7. The fourth-order valence-electron chi connectivity index (χ4n) is 10.2. The van der Waals surface area contributed by atoms with Crippen LogP contribution < -0.4 is 0 Å². The smallest absolute Gasteiger partial charge is 0.462 e. The molecule has 0 aliphatic carbocycles. The van der Waals surface area contributed by atoms with Crippen molar-refractivity contribution in [3.05, 3.63) is 97.2 Å². The highest BCUT2D eigenvalue weighted by molar-refractivity contribution is 7.47. The van der Waals surface area contributed by atoms with Crippen LogP contribution in [0.15, 0.2) is 97.2 Å². The van der Waals surface area contributed by atoms with Gasteiger partial charge in [-0.05, 0) is 89.9 Å². The molecule has 1 N–H and O–H groups in total. The molecule has 0 amide bonds. The lowest BCUT2D eigenvalue weighted by Crippen LogP contribution is -2.37. The molecule has 0 radical (unpaired) electrons. The van der Waals surface area contributed by atoms with Crippen molar-refractivity contribution in [2.24, 2.45) is 0 Å². The molecule has 0 heterocycles. The third-order valence-corrected chi connectivity index (χ3v) is 16.6. The van der Waals surface area contributed by atoms with Gasteiger partial charge >= 0.3 is 19.8 Å². The van der Waals surface area contributed by atoms with E-state index in [-0.39, 0.29) is 32.0 Å². The Hall–Kier alpha value is -3.07. The number of hydrogen-bond acceptors (Lipinski definition) is 7. The summed E-state index contributed by atoms with van der Waals surface area (Å²) in [5, 5.41) is 0. The summed E-state index contributed by atoms with van der Waals surface area (Å²) in [6, 6.07) is 0. The molecular formula is C76H137NO8P+. The number of carbonyl (C=O) groups is 2. The molecule has 0 rings (SSSR count). The second kappa shape index (κ2) is 66.4. The first kappa shape index (κ1) is 82.9. The van der Waals surface area contributed by atoms with Gasteiger partial charge in [0.15, 0.2) is 6.10 Å². The monoisotopic (exact) mass is 1220 g/mol. The summed E-state index contributed by atoms with van der Waals surface area (Å²) in [7, 11) is 1.48. The number of rotatable bonds is 66. The average molecular weight is 1220 g/mol. The van der Waals surface area contributed by atoms with Gasteiger partial charge in [-0.25, -0.2) is 4.57 Å². The Bertz CT molecular complexity index is 1770. The molecule has 9 nitrogen and oxygen atoms in total. The summed E-state index contributed by atoms with van der Waals surface area (Å²) in [6.07, 6.45) is 92.4. The number of carbonyl (C=O) groups excluding carboxylic acids is 2. The van der Waals surface area contributed by atoms with Crippen LogP contribution in [0.3, 0.4) is 0 Å². The first-order valence-corrected chi connectivity index (χ1v) is 37.5. The van der Waals surface area contributed by atoms with Crippen molar-refractivity contribution in [2.75, 3.05) is 47.5 Å². The predicted molar refractivity (Wildman–Crippen MR) is 372 cm³/mol. The third-order valence-electron chi connectivity index (χ3n) is 15.6. The van der Waals surface area contributed by atoms with Gasteiger partial charge in [0.05, 0.1) is 27.7 Å². The van der Waals surface area contributed by atoms with Crippen molar-refractivity contribution >= 4 is 19.8 Å². The van der Waals surface area contributed by atoms with E-state index in [1.54, 1.807) is 0 Å². The molecule has 498 valence electrons. The number of phosphoric acid groups is 1. The summed E-state index contributed by atoms with van der Waals surface area (Å²) in [5.74, 6) is -0.788. The second-order valence-electron chi connectivity index (χ2n) is 25.2. The highest BCUT2D eigenvalue weighted by atomic mass is 31.2. The Morgan fingerprint density at radius 3 is 0.930 bits per heavy atom. The summed E-state index contributed by atoms with van der Waals surface area (Å²) in [4.78, 5) is 35.9. The quantitative estimate of drug-likeness (QED) is 0.0211. The van der Waals surface area contributed by atoms with E-state index >= 15 is 0 Å². The minimum Gasteiger partial charge on any atom is -0.462 e. The van der Waals surface area contributed by atoms with Crippen molar-refractivity contribution in [1.29, 1.82) is 0 Å². The zero-order chi connectivity index (χ0) is 62.6. The van der Waals surface area contributed by atoms with Crippen molar-refractivity contribution < 1.29 is 42.1 Å². The summed E-state index contributed by atoms with van der Waals surface area (Å²) in [6.45, 7) is 4.25. The highest BCUT2D eigenvalue weighted by Gasteiger charge is 2.27. The molecule has 0 bridgehead atoms. The van der Waals surface area contributed by atoms with Crippen LogP contribution in [0.1, 0.15) is 322 Å². The lowest BCUT2D eigenvalue weighted by molar-refractivity contribution is -0.870. The maximum Gasteiger partial charge on any atom is 0.472 e. The molecule has 2 unspecified atom stereocenters. The average Bonchev–Trinajstić information content (AvgIpc) is 3.67. The Labute approximate surface area is 532 Å². The minimum atomic E-state index is -4.39. The topological polar surface area (TPSA) is 108 Å². The van der Waals surface area contributed by atoms with E-state index in [4.69, 9.17) is 18.5 Å². The van der Waals surface area contributed by atoms with Gasteiger partial charge in [-0.1, -0.05) is 317 Å². The van der Waals surface area contributed by atoms with Crippen LogP contribution in [-0.4, -0.2) is 74.9 Å². The van der Waals surface area contributed by atoms with Crippen LogP contribution >= 0.6 is 7.82 Å². The molecule has 0 saturated heterocycles. The molecule has 0 aliphatic heterocycles. The lowest BCUT2D eigenvalue weighted by Gasteiger charge is -2.24. The number of nitrogens with zero attached hydrogens (tertiary/aromatic N) is 1. The molecule has 0 aromatic rings. The van der Waals surface area contributed by atoms with E-state index in [1.165, 1.54) is 205 Å². The summed E-state index contributed by atoms with van der Waals surface area (Å²) >= 11 is 0. The number of quaternary nitrogens is 1. The van der Waals surface area contributed by atoms with Crippen LogP contribution in [0.2, 0.25) is 0 Å². The Morgan fingerprint density at radius 2 is 0.628 bits per heavy atom. The highest BCUT2D eigenvalue weighted by Crippen LogP contribution is 2.43. The lowest BCUT2D eigenvalue weighted by atomic mass is 10.0. The molecule has 0 fully saturated rings. The molecular weight excluding hydrogens is 1090 g/mol. The number of ether oxygens (including phenoxy) is 2. The Balaban J connectivity index is 3.97. The van der Waals surface area contributed by atoms with Crippen LogP contribution in [-0.2, 0) is 32.7 Å². The molecule has 0 aliphatic rings. The first-order valence-electron chi connectivity index (χ1n) is 36.0. The van der Waals surface area contributed by atoms with Crippen molar-refractivity contribution in [3.8, 4) is 0 Å². The Kier molecular flexibility index (Phi) is 64.0. The normalized spacial score (nSPS) is 13.7. The van der Waals surface area contributed by atoms with Gasteiger partial charge in [-0.3, -0.25) is 18.6 Å². The van der Waals surface area contributed by atoms with E-state index in [1.807, 2.05) is 21.1 Å². The fraction of sp³-hybridized carbons (Fsp3) is 0.763.